The monoisotopic (exact) mass is 369 g/mol. The maximum atomic E-state index is 13.1. The van der Waals surface area contributed by atoms with Gasteiger partial charge in [0.05, 0.1) is 19.0 Å². The predicted octanol–water partition coefficient (Wildman–Crippen LogP) is 1.07. The molecule has 2 aromatic rings. The summed E-state index contributed by atoms with van der Waals surface area (Å²) in [6.07, 6.45) is 0.105. The molecule has 1 atom stereocenters. The van der Waals surface area contributed by atoms with Crippen LogP contribution in [-0.4, -0.2) is 47.6 Å². The van der Waals surface area contributed by atoms with Crippen molar-refractivity contribution in [2.24, 2.45) is 0 Å². The molecule has 25 heavy (non-hydrogen) atoms. The van der Waals surface area contributed by atoms with Crippen molar-refractivity contribution in [2.75, 3.05) is 26.7 Å². The molecule has 3 rings (SSSR count). The summed E-state index contributed by atoms with van der Waals surface area (Å²) in [5, 5.41) is 9.99. The SMILES string of the molecule is CN1CCNCC1c1noc(CNC(=O)Cc2cccc(F)c2)n1.Cl. The lowest BCUT2D eigenvalue weighted by molar-refractivity contribution is -0.120. The normalized spacial score (nSPS) is 17.8. The fraction of sp³-hybridized carbons (Fsp3) is 0.438. The third-order valence-electron chi connectivity index (χ3n) is 3.98. The van der Waals surface area contributed by atoms with Crippen LogP contribution >= 0.6 is 12.4 Å². The number of aromatic nitrogens is 2. The summed E-state index contributed by atoms with van der Waals surface area (Å²) in [4.78, 5) is 18.4. The number of amides is 1. The molecule has 1 aromatic heterocycles. The Labute approximate surface area is 151 Å². The van der Waals surface area contributed by atoms with E-state index in [9.17, 15) is 9.18 Å². The number of piperazine rings is 1. The molecule has 7 nitrogen and oxygen atoms in total. The molecular weight excluding hydrogens is 349 g/mol. The highest BCUT2D eigenvalue weighted by Crippen LogP contribution is 2.17. The van der Waals surface area contributed by atoms with Crippen LogP contribution in [-0.2, 0) is 17.8 Å². The minimum atomic E-state index is -0.355. The Balaban J connectivity index is 0.00000225. The molecule has 1 aliphatic rings. The number of carbonyl (C=O) groups is 1. The molecule has 9 heteroatoms. The zero-order chi connectivity index (χ0) is 16.9. The van der Waals surface area contributed by atoms with E-state index >= 15 is 0 Å². The lowest BCUT2D eigenvalue weighted by Gasteiger charge is -2.30. The van der Waals surface area contributed by atoms with E-state index in [2.05, 4.69) is 25.7 Å². The van der Waals surface area contributed by atoms with Gasteiger partial charge in [0.25, 0.3) is 0 Å². The summed E-state index contributed by atoms with van der Waals surface area (Å²) in [5.41, 5.74) is 0.619. The molecule has 0 spiro atoms. The predicted molar refractivity (Wildman–Crippen MR) is 91.7 cm³/mol. The number of rotatable bonds is 5. The van der Waals surface area contributed by atoms with Crippen LogP contribution in [0.4, 0.5) is 4.39 Å². The summed E-state index contributed by atoms with van der Waals surface area (Å²) < 4.78 is 18.3. The van der Waals surface area contributed by atoms with Crippen LogP contribution in [0.3, 0.4) is 0 Å². The van der Waals surface area contributed by atoms with Crippen LogP contribution in [0.1, 0.15) is 23.3 Å². The summed E-state index contributed by atoms with van der Waals surface area (Å²) in [5.74, 6) is 0.388. The van der Waals surface area contributed by atoms with Crippen LogP contribution in [0.15, 0.2) is 28.8 Å². The van der Waals surface area contributed by atoms with Gasteiger partial charge in [-0.2, -0.15) is 4.98 Å². The summed E-state index contributed by atoms with van der Waals surface area (Å²) in [7, 11) is 2.02. The summed E-state index contributed by atoms with van der Waals surface area (Å²) in [6, 6.07) is 6.05. The fourth-order valence-corrected chi connectivity index (χ4v) is 2.64. The van der Waals surface area contributed by atoms with E-state index in [0.717, 1.165) is 19.6 Å². The van der Waals surface area contributed by atoms with Gasteiger partial charge in [0.2, 0.25) is 11.8 Å². The van der Waals surface area contributed by atoms with Crippen molar-refractivity contribution < 1.29 is 13.7 Å². The molecule has 1 fully saturated rings. The van der Waals surface area contributed by atoms with Gasteiger partial charge in [-0.05, 0) is 24.7 Å². The second-order valence-corrected chi connectivity index (χ2v) is 5.83. The number of likely N-dealkylation sites (N-methyl/N-ethyl adjacent to an activating group) is 1. The van der Waals surface area contributed by atoms with Crippen LogP contribution in [0, 0.1) is 5.82 Å². The largest absolute Gasteiger partial charge is 0.347 e. The molecule has 2 N–H and O–H groups in total. The highest BCUT2D eigenvalue weighted by molar-refractivity contribution is 5.85. The van der Waals surface area contributed by atoms with Gasteiger partial charge < -0.3 is 15.2 Å². The Bertz CT molecular complexity index is 711. The maximum Gasteiger partial charge on any atom is 0.246 e. The lowest BCUT2D eigenvalue weighted by Crippen LogP contribution is -2.44. The number of halogens is 2. The molecule has 136 valence electrons. The van der Waals surface area contributed by atoms with E-state index < -0.39 is 0 Å². The molecule has 1 aliphatic heterocycles. The van der Waals surface area contributed by atoms with Crippen LogP contribution in [0.5, 0.6) is 0 Å². The van der Waals surface area contributed by atoms with Crippen molar-refractivity contribution in [1.82, 2.24) is 25.7 Å². The van der Waals surface area contributed by atoms with E-state index in [1.165, 1.54) is 12.1 Å². The number of carbonyl (C=O) groups excluding carboxylic acids is 1. The average Bonchev–Trinajstić information content (AvgIpc) is 3.02. The van der Waals surface area contributed by atoms with Crippen molar-refractivity contribution >= 4 is 18.3 Å². The minimum absolute atomic E-state index is 0. The van der Waals surface area contributed by atoms with Crippen LogP contribution in [0.2, 0.25) is 0 Å². The highest BCUT2D eigenvalue weighted by atomic mass is 35.5. The number of nitrogens with zero attached hydrogens (tertiary/aromatic N) is 3. The first-order chi connectivity index (χ1) is 11.6. The zero-order valence-corrected chi connectivity index (χ0v) is 14.7. The number of benzene rings is 1. The average molecular weight is 370 g/mol. The van der Waals surface area contributed by atoms with E-state index in [1.54, 1.807) is 12.1 Å². The maximum absolute atomic E-state index is 13.1. The Morgan fingerprint density at radius 1 is 1.52 bits per heavy atom. The molecule has 0 aliphatic carbocycles. The second kappa shape index (κ2) is 8.89. The Hall–Kier alpha value is -2.03. The van der Waals surface area contributed by atoms with Gasteiger partial charge in [-0.1, -0.05) is 17.3 Å². The lowest BCUT2D eigenvalue weighted by atomic mass is 10.1. The van der Waals surface area contributed by atoms with Gasteiger partial charge in [-0.25, -0.2) is 4.39 Å². The fourth-order valence-electron chi connectivity index (χ4n) is 2.64. The van der Waals surface area contributed by atoms with E-state index in [0.29, 0.717) is 17.3 Å². The van der Waals surface area contributed by atoms with Crippen molar-refractivity contribution in [3.05, 3.63) is 47.4 Å². The molecule has 2 heterocycles. The molecular formula is C16H21ClFN5O2. The Kier molecular flexibility index (Phi) is 6.86. The summed E-state index contributed by atoms with van der Waals surface area (Å²) >= 11 is 0. The molecule has 0 bridgehead atoms. The number of hydrogen-bond acceptors (Lipinski definition) is 6. The Morgan fingerprint density at radius 3 is 3.12 bits per heavy atom. The molecule has 1 saturated heterocycles. The van der Waals surface area contributed by atoms with Crippen LogP contribution < -0.4 is 10.6 Å². The first kappa shape index (κ1) is 19.3. The second-order valence-electron chi connectivity index (χ2n) is 5.83. The number of hydrogen-bond donors (Lipinski definition) is 2. The van der Waals surface area contributed by atoms with E-state index in [4.69, 9.17) is 4.52 Å². The quantitative estimate of drug-likeness (QED) is 0.820. The minimum Gasteiger partial charge on any atom is -0.347 e. The van der Waals surface area contributed by atoms with Gasteiger partial charge in [0, 0.05) is 19.6 Å². The molecule has 1 aromatic carbocycles. The smallest absolute Gasteiger partial charge is 0.246 e. The summed E-state index contributed by atoms with van der Waals surface area (Å²) in [6.45, 7) is 2.78. The van der Waals surface area contributed by atoms with Gasteiger partial charge in [0.15, 0.2) is 5.82 Å². The third-order valence-corrected chi connectivity index (χ3v) is 3.98. The van der Waals surface area contributed by atoms with Crippen molar-refractivity contribution in [3.63, 3.8) is 0 Å². The molecule has 1 amide bonds. The topological polar surface area (TPSA) is 83.3 Å². The van der Waals surface area contributed by atoms with E-state index in [1.807, 2.05) is 7.05 Å². The van der Waals surface area contributed by atoms with Gasteiger partial charge in [0.1, 0.15) is 5.82 Å². The van der Waals surface area contributed by atoms with Crippen LogP contribution in [0.25, 0.3) is 0 Å². The van der Waals surface area contributed by atoms with Gasteiger partial charge >= 0.3 is 0 Å². The molecule has 0 radical (unpaired) electrons. The van der Waals surface area contributed by atoms with Gasteiger partial charge in [-0.3, -0.25) is 9.69 Å². The highest BCUT2D eigenvalue weighted by Gasteiger charge is 2.25. The Morgan fingerprint density at radius 2 is 2.36 bits per heavy atom. The molecule has 0 saturated carbocycles. The third kappa shape index (κ3) is 5.22. The van der Waals surface area contributed by atoms with Gasteiger partial charge in [-0.15, -0.1) is 12.4 Å². The zero-order valence-electron chi connectivity index (χ0n) is 13.9. The van der Waals surface area contributed by atoms with Crippen molar-refractivity contribution in [2.45, 2.75) is 19.0 Å². The first-order valence-corrected chi connectivity index (χ1v) is 7.86. The van der Waals surface area contributed by atoms with Crippen molar-refractivity contribution in [3.8, 4) is 0 Å². The molecule has 1 unspecified atom stereocenters. The standard InChI is InChI=1S/C16H20FN5O2.ClH/c1-22-6-5-18-9-13(22)16-20-15(24-21-16)10-19-14(23)8-11-3-2-4-12(17)7-11;/h2-4,7,13,18H,5-6,8-10H2,1H3,(H,19,23);1H. The first-order valence-electron chi connectivity index (χ1n) is 7.86. The van der Waals surface area contributed by atoms with E-state index in [-0.39, 0.29) is 43.1 Å². The van der Waals surface area contributed by atoms with Crippen molar-refractivity contribution in [1.29, 1.82) is 0 Å². The number of nitrogens with one attached hydrogen (secondary N) is 2.